The van der Waals surface area contributed by atoms with Gasteiger partial charge in [-0.25, -0.2) is 0 Å². The number of allylic oxidation sites excluding steroid dienone is 2. The zero-order valence-electron chi connectivity index (χ0n) is 18.8. The summed E-state index contributed by atoms with van der Waals surface area (Å²) in [6, 6.07) is 15.3. The standard InChI is InChI=1S/C27H33N3O/c1-21-10-13-27(29-17-15-28(2)16-18-29)26-19-22(11-12-25(21)26)30-14-6-9-24(20-30)31-23-7-4-3-5-8-23/h3-10,13-14,22H,11-12,15-20H2,1-2H3/t22-/m1/s1. The molecule has 1 atom stereocenters. The van der Waals surface area contributed by atoms with Crippen LogP contribution < -0.4 is 9.64 Å². The normalized spacial score (nSPS) is 21.6. The number of likely N-dealkylation sites (N-methyl/N-ethyl adjacent to an activating group) is 1. The maximum absolute atomic E-state index is 6.15. The third kappa shape index (κ3) is 4.35. The summed E-state index contributed by atoms with van der Waals surface area (Å²) in [5, 5.41) is 0. The molecule has 2 aliphatic heterocycles. The highest BCUT2D eigenvalue weighted by atomic mass is 16.5. The maximum atomic E-state index is 6.15. The van der Waals surface area contributed by atoms with Gasteiger partial charge in [0.2, 0.25) is 0 Å². The van der Waals surface area contributed by atoms with E-state index in [1.807, 2.05) is 30.3 Å². The van der Waals surface area contributed by atoms with Gasteiger partial charge in [0.05, 0.1) is 6.54 Å². The number of hydrogen-bond donors (Lipinski definition) is 0. The smallest absolute Gasteiger partial charge is 0.127 e. The molecule has 0 unspecified atom stereocenters. The SMILES string of the molecule is Cc1ccc(N2CCN(C)CC2)c2c1CC[C@@H](N1C=CC=C(Oc3ccccc3)C1)C2. The zero-order chi connectivity index (χ0) is 21.2. The van der Waals surface area contributed by atoms with Gasteiger partial charge in [-0.2, -0.15) is 0 Å². The fourth-order valence-electron chi connectivity index (χ4n) is 5.15. The molecule has 0 bridgehead atoms. The van der Waals surface area contributed by atoms with Gasteiger partial charge in [-0.15, -0.1) is 0 Å². The summed E-state index contributed by atoms with van der Waals surface area (Å²) in [7, 11) is 2.23. The molecule has 0 spiro atoms. The zero-order valence-corrected chi connectivity index (χ0v) is 18.8. The first kappa shape index (κ1) is 20.2. The quantitative estimate of drug-likeness (QED) is 0.737. The average molecular weight is 416 g/mol. The molecule has 2 aromatic carbocycles. The Morgan fingerprint density at radius 1 is 0.935 bits per heavy atom. The molecule has 1 fully saturated rings. The Hall–Kier alpha value is -2.72. The van der Waals surface area contributed by atoms with Crippen LogP contribution in [0.25, 0.3) is 0 Å². The summed E-state index contributed by atoms with van der Waals surface area (Å²) in [5.41, 5.74) is 6.09. The predicted molar refractivity (Wildman–Crippen MR) is 128 cm³/mol. The van der Waals surface area contributed by atoms with Crippen molar-refractivity contribution in [2.24, 2.45) is 0 Å². The molecule has 0 N–H and O–H groups in total. The summed E-state index contributed by atoms with van der Waals surface area (Å²) in [6.45, 7) is 7.65. The van der Waals surface area contributed by atoms with E-state index in [0.717, 1.165) is 57.1 Å². The van der Waals surface area contributed by atoms with Gasteiger partial charge in [0, 0.05) is 37.9 Å². The van der Waals surface area contributed by atoms with E-state index in [1.54, 1.807) is 11.1 Å². The van der Waals surface area contributed by atoms with Crippen LogP contribution in [0.4, 0.5) is 5.69 Å². The lowest BCUT2D eigenvalue weighted by molar-refractivity contribution is 0.235. The van der Waals surface area contributed by atoms with Crippen molar-refractivity contribution in [1.82, 2.24) is 9.80 Å². The van der Waals surface area contributed by atoms with Gasteiger partial charge in [0.15, 0.2) is 0 Å². The number of fused-ring (bicyclic) bond motifs is 1. The Morgan fingerprint density at radius 3 is 2.55 bits per heavy atom. The molecule has 1 aliphatic carbocycles. The van der Waals surface area contributed by atoms with E-state index in [4.69, 9.17) is 4.74 Å². The molecule has 0 saturated carbocycles. The number of benzene rings is 2. The van der Waals surface area contributed by atoms with Crippen LogP contribution in [0.1, 0.15) is 23.1 Å². The monoisotopic (exact) mass is 415 g/mol. The minimum atomic E-state index is 0.514. The van der Waals surface area contributed by atoms with Crippen LogP contribution in [0.5, 0.6) is 5.75 Å². The van der Waals surface area contributed by atoms with Gasteiger partial charge < -0.3 is 19.4 Å². The first-order chi connectivity index (χ1) is 15.2. The van der Waals surface area contributed by atoms with Crippen LogP contribution in [-0.4, -0.2) is 55.6 Å². The van der Waals surface area contributed by atoms with Crippen molar-refractivity contribution in [3.05, 3.63) is 83.3 Å². The van der Waals surface area contributed by atoms with Gasteiger partial charge in [0.25, 0.3) is 0 Å². The Balaban J connectivity index is 1.33. The molecule has 5 rings (SSSR count). The van der Waals surface area contributed by atoms with Crippen LogP contribution >= 0.6 is 0 Å². The summed E-state index contributed by atoms with van der Waals surface area (Å²) >= 11 is 0. The number of rotatable bonds is 4. The van der Waals surface area contributed by atoms with Crippen molar-refractivity contribution in [2.75, 3.05) is 44.7 Å². The Kier molecular flexibility index (Phi) is 5.73. The maximum Gasteiger partial charge on any atom is 0.127 e. The van der Waals surface area contributed by atoms with Crippen molar-refractivity contribution in [1.29, 1.82) is 0 Å². The van der Waals surface area contributed by atoms with Crippen molar-refractivity contribution in [3.8, 4) is 5.75 Å². The average Bonchev–Trinajstić information content (AvgIpc) is 2.81. The second kappa shape index (κ2) is 8.80. The molecule has 2 aromatic rings. The number of anilines is 1. The third-order valence-corrected chi connectivity index (χ3v) is 7.01. The number of nitrogens with zero attached hydrogens (tertiary/aromatic N) is 3. The van der Waals surface area contributed by atoms with E-state index in [1.165, 1.54) is 17.7 Å². The second-order valence-electron chi connectivity index (χ2n) is 9.11. The van der Waals surface area contributed by atoms with E-state index in [-0.39, 0.29) is 0 Å². The van der Waals surface area contributed by atoms with Crippen molar-refractivity contribution in [3.63, 3.8) is 0 Å². The Labute approximate surface area is 186 Å². The number of piperazine rings is 1. The Morgan fingerprint density at radius 2 is 1.74 bits per heavy atom. The van der Waals surface area contributed by atoms with Gasteiger partial charge in [-0.1, -0.05) is 24.3 Å². The van der Waals surface area contributed by atoms with Gasteiger partial charge in [0.1, 0.15) is 11.5 Å². The highest BCUT2D eigenvalue weighted by molar-refractivity contribution is 5.60. The minimum absolute atomic E-state index is 0.514. The first-order valence-electron chi connectivity index (χ1n) is 11.6. The van der Waals surface area contributed by atoms with E-state index >= 15 is 0 Å². The van der Waals surface area contributed by atoms with E-state index < -0.39 is 0 Å². The number of aryl methyl sites for hydroxylation is 1. The minimum Gasteiger partial charge on any atom is -0.460 e. The Bertz CT molecular complexity index is 973. The lowest BCUT2D eigenvalue weighted by Gasteiger charge is -2.40. The van der Waals surface area contributed by atoms with Crippen LogP contribution in [0.15, 0.2) is 66.6 Å². The molecule has 1 saturated heterocycles. The number of hydrogen-bond acceptors (Lipinski definition) is 4. The molecule has 2 heterocycles. The molecule has 0 aromatic heterocycles. The van der Waals surface area contributed by atoms with Gasteiger partial charge in [-0.3, -0.25) is 0 Å². The van der Waals surface area contributed by atoms with Crippen molar-refractivity contribution >= 4 is 5.69 Å². The first-order valence-corrected chi connectivity index (χ1v) is 11.6. The fourth-order valence-corrected chi connectivity index (χ4v) is 5.15. The van der Waals surface area contributed by atoms with Gasteiger partial charge in [-0.05, 0) is 86.5 Å². The van der Waals surface area contributed by atoms with Crippen molar-refractivity contribution in [2.45, 2.75) is 32.2 Å². The molecule has 31 heavy (non-hydrogen) atoms. The summed E-state index contributed by atoms with van der Waals surface area (Å²) in [5.74, 6) is 1.92. The molecule has 0 amide bonds. The summed E-state index contributed by atoms with van der Waals surface area (Å²) in [6.07, 6.45) is 9.95. The molecular formula is C27H33N3O. The lowest BCUT2D eigenvalue weighted by atomic mass is 9.83. The fraction of sp³-hybridized carbons (Fsp3) is 0.407. The molecule has 4 nitrogen and oxygen atoms in total. The predicted octanol–water partition coefficient (Wildman–Crippen LogP) is 4.40. The molecule has 3 aliphatic rings. The largest absolute Gasteiger partial charge is 0.460 e. The summed E-state index contributed by atoms with van der Waals surface area (Å²) < 4.78 is 6.15. The van der Waals surface area contributed by atoms with Crippen molar-refractivity contribution < 1.29 is 4.74 Å². The topological polar surface area (TPSA) is 19.0 Å². The lowest BCUT2D eigenvalue weighted by Crippen LogP contribution is -2.45. The van der Waals surface area contributed by atoms with E-state index in [2.05, 4.69) is 59.2 Å². The molecule has 4 heteroatoms. The third-order valence-electron chi connectivity index (χ3n) is 7.01. The van der Waals surface area contributed by atoms with Crippen LogP contribution in [0.2, 0.25) is 0 Å². The van der Waals surface area contributed by atoms with E-state index in [9.17, 15) is 0 Å². The summed E-state index contributed by atoms with van der Waals surface area (Å²) in [4.78, 5) is 7.52. The molecule has 0 radical (unpaired) electrons. The highest BCUT2D eigenvalue weighted by Crippen LogP contribution is 2.35. The van der Waals surface area contributed by atoms with Crippen LogP contribution in [0, 0.1) is 6.92 Å². The number of para-hydroxylation sites is 1. The van der Waals surface area contributed by atoms with Crippen LogP contribution in [-0.2, 0) is 12.8 Å². The molecular weight excluding hydrogens is 382 g/mol. The second-order valence-corrected chi connectivity index (χ2v) is 9.11. The van der Waals surface area contributed by atoms with E-state index in [0.29, 0.717) is 6.04 Å². The van der Waals surface area contributed by atoms with Gasteiger partial charge >= 0.3 is 0 Å². The number of ether oxygens (including phenoxy) is 1. The highest BCUT2D eigenvalue weighted by Gasteiger charge is 2.29. The molecule has 162 valence electrons. The van der Waals surface area contributed by atoms with Crippen LogP contribution in [0.3, 0.4) is 0 Å².